The minimum Gasteiger partial charge on any atom is -0.467 e. The summed E-state index contributed by atoms with van der Waals surface area (Å²) >= 11 is 1.46. The van der Waals surface area contributed by atoms with Crippen molar-refractivity contribution in [3.8, 4) is 0 Å². The SMILES string of the molecule is CC1CCCCN1Cc1cnc(NC(=O)c2ccc3c(c2)C(=O)N(Cc2ccco2)C3=O)s1. The van der Waals surface area contributed by atoms with E-state index in [-0.39, 0.29) is 23.6 Å². The van der Waals surface area contributed by atoms with Crippen molar-refractivity contribution in [2.24, 2.45) is 0 Å². The van der Waals surface area contributed by atoms with Gasteiger partial charge in [0.15, 0.2) is 5.13 Å². The van der Waals surface area contributed by atoms with E-state index in [2.05, 4.69) is 22.1 Å². The van der Waals surface area contributed by atoms with Crippen molar-refractivity contribution in [2.45, 2.75) is 45.3 Å². The Morgan fingerprint density at radius 3 is 2.82 bits per heavy atom. The van der Waals surface area contributed by atoms with Crippen LogP contribution in [0.5, 0.6) is 0 Å². The Labute approximate surface area is 195 Å². The number of anilines is 1. The zero-order chi connectivity index (χ0) is 22.9. The highest BCUT2D eigenvalue weighted by molar-refractivity contribution is 7.15. The molecule has 0 spiro atoms. The number of thiazole rings is 1. The van der Waals surface area contributed by atoms with E-state index in [1.807, 2.05) is 0 Å². The Bertz CT molecular complexity index is 1200. The van der Waals surface area contributed by atoms with Crippen LogP contribution < -0.4 is 5.32 Å². The predicted octanol–water partition coefficient (Wildman–Crippen LogP) is 4.16. The second-order valence-electron chi connectivity index (χ2n) is 8.44. The first-order valence-corrected chi connectivity index (χ1v) is 11.8. The summed E-state index contributed by atoms with van der Waals surface area (Å²) < 4.78 is 5.26. The van der Waals surface area contributed by atoms with E-state index < -0.39 is 11.8 Å². The fourth-order valence-corrected chi connectivity index (χ4v) is 5.17. The molecule has 1 unspecified atom stereocenters. The monoisotopic (exact) mass is 464 g/mol. The maximum atomic E-state index is 12.8. The molecule has 9 heteroatoms. The number of piperidine rings is 1. The summed E-state index contributed by atoms with van der Waals surface area (Å²) in [5, 5.41) is 3.33. The molecule has 1 saturated heterocycles. The van der Waals surface area contributed by atoms with Gasteiger partial charge in [-0.1, -0.05) is 6.42 Å². The highest BCUT2D eigenvalue weighted by Gasteiger charge is 2.36. The number of rotatable bonds is 6. The van der Waals surface area contributed by atoms with E-state index in [9.17, 15) is 14.4 Å². The molecule has 170 valence electrons. The van der Waals surface area contributed by atoms with Crippen molar-refractivity contribution in [3.63, 3.8) is 0 Å². The van der Waals surface area contributed by atoms with Crippen LogP contribution in [0.3, 0.4) is 0 Å². The smallest absolute Gasteiger partial charge is 0.261 e. The number of likely N-dealkylation sites (tertiary alicyclic amines) is 1. The molecule has 1 fully saturated rings. The van der Waals surface area contributed by atoms with Crippen LogP contribution in [0.4, 0.5) is 5.13 Å². The van der Waals surface area contributed by atoms with Crippen LogP contribution in [0, 0.1) is 0 Å². The molecule has 3 amide bonds. The first-order chi connectivity index (χ1) is 16.0. The summed E-state index contributed by atoms with van der Waals surface area (Å²) in [6.45, 7) is 4.21. The number of imide groups is 1. The van der Waals surface area contributed by atoms with Gasteiger partial charge in [-0.2, -0.15) is 0 Å². The number of amides is 3. The van der Waals surface area contributed by atoms with Crippen LogP contribution in [0.2, 0.25) is 0 Å². The van der Waals surface area contributed by atoms with Crippen molar-refractivity contribution in [1.29, 1.82) is 0 Å². The number of carbonyl (C=O) groups excluding carboxylic acids is 3. The Morgan fingerprint density at radius 1 is 1.18 bits per heavy atom. The summed E-state index contributed by atoms with van der Waals surface area (Å²) in [7, 11) is 0. The third-order valence-corrected chi connectivity index (χ3v) is 7.10. The lowest BCUT2D eigenvalue weighted by Crippen LogP contribution is -2.36. The van der Waals surface area contributed by atoms with Gasteiger partial charge in [0.05, 0.1) is 23.9 Å². The topological polar surface area (TPSA) is 95.8 Å². The Morgan fingerprint density at radius 2 is 2.03 bits per heavy atom. The van der Waals surface area contributed by atoms with Gasteiger partial charge in [-0.15, -0.1) is 11.3 Å². The summed E-state index contributed by atoms with van der Waals surface area (Å²) in [4.78, 5) is 47.3. The number of benzene rings is 1. The van der Waals surface area contributed by atoms with E-state index in [1.54, 1.807) is 24.4 Å². The molecule has 0 radical (unpaired) electrons. The molecular weight excluding hydrogens is 440 g/mol. The number of hydrogen-bond donors (Lipinski definition) is 1. The van der Waals surface area contributed by atoms with Gasteiger partial charge in [-0.05, 0) is 56.6 Å². The first-order valence-electron chi connectivity index (χ1n) is 11.0. The van der Waals surface area contributed by atoms with Gasteiger partial charge in [0, 0.05) is 29.2 Å². The quantitative estimate of drug-likeness (QED) is 0.551. The van der Waals surface area contributed by atoms with Crippen LogP contribution >= 0.6 is 11.3 Å². The molecule has 0 aliphatic carbocycles. The zero-order valence-corrected chi connectivity index (χ0v) is 19.1. The minimum atomic E-state index is -0.437. The molecule has 1 atom stereocenters. The van der Waals surface area contributed by atoms with Crippen LogP contribution in [-0.4, -0.2) is 45.1 Å². The molecule has 0 saturated carbocycles. The van der Waals surface area contributed by atoms with E-state index in [4.69, 9.17) is 4.42 Å². The lowest BCUT2D eigenvalue weighted by atomic mass is 10.0. The van der Waals surface area contributed by atoms with Crippen molar-refractivity contribution >= 4 is 34.2 Å². The molecule has 3 aromatic rings. The zero-order valence-electron chi connectivity index (χ0n) is 18.2. The van der Waals surface area contributed by atoms with Gasteiger partial charge in [-0.3, -0.25) is 29.5 Å². The molecule has 1 N–H and O–H groups in total. The van der Waals surface area contributed by atoms with Crippen LogP contribution in [-0.2, 0) is 13.1 Å². The summed E-state index contributed by atoms with van der Waals surface area (Å²) in [6, 6.07) is 8.51. The first kappa shape index (κ1) is 21.5. The highest BCUT2D eigenvalue weighted by Crippen LogP contribution is 2.27. The normalized spacial score (nSPS) is 18.6. The lowest BCUT2D eigenvalue weighted by molar-refractivity contribution is 0.0631. The van der Waals surface area contributed by atoms with Gasteiger partial charge in [0.1, 0.15) is 5.76 Å². The molecule has 2 aromatic heterocycles. The van der Waals surface area contributed by atoms with Crippen LogP contribution in [0.15, 0.2) is 47.2 Å². The summed E-state index contributed by atoms with van der Waals surface area (Å²) in [6.07, 6.45) is 7.00. The Hall–Kier alpha value is -3.30. The Kier molecular flexibility index (Phi) is 5.82. The summed E-state index contributed by atoms with van der Waals surface area (Å²) in [5.74, 6) is -0.682. The molecule has 1 aromatic carbocycles. The van der Waals surface area contributed by atoms with Crippen molar-refractivity contribution in [3.05, 3.63) is 70.1 Å². The maximum Gasteiger partial charge on any atom is 0.261 e. The predicted molar refractivity (Wildman–Crippen MR) is 123 cm³/mol. The number of nitrogens with zero attached hydrogens (tertiary/aromatic N) is 3. The average molecular weight is 465 g/mol. The van der Waals surface area contributed by atoms with E-state index in [0.29, 0.717) is 22.5 Å². The molecule has 2 aliphatic rings. The number of furan rings is 1. The number of carbonyl (C=O) groups is 3. The fourth-order valence-electron chi connectivity index (χ4n) is 4.33. The second-order valence-corrected chi connectivity index (χ2v) is 9.55. The van der Waals surface area contributed by atoms with Crippen molar-refractivity contribution < 1.29 is 18.8 Å². The molecule has 33 heavy (non-hydrogen) atoms. The second kappa shape index (κ2) is 8.92. The standard InChI is InChI=1S/C24H24N4O4S/c1-15-5-2-3-9-27(15)14-18-12-25-24(33-18)26-21(29)16-7-8-19-20(11-16)23(31)28(22(19)30)13-17-6-4-10-32-17/h4,6-8,10-12,15H,2-3,5,9,13-14H2,1H3,(H,25,26,29). The molecular formula is C24H24N4O4S. The third kappa shape index (κ3) is 4.34. The van der Waals surface area contributed by atoms with E-state index >= 15 is 0 Å². The molecule has 4 heterocycles. The maximum absolute atomic E-state index is 12.8. The summed E-state index contributed by atoms with van der Waals surface area (Å²) in [5.41, 5.74) is 0.810. The molecule has 2 aliphatic heterocycles. The average Bonchev–Trinajstić information content (AvgIpc) is 3.54. The number of nitrogens with one attached hydrogen (secondary N) is 1. The van der Waals surface area contributed by atoms with Gasteiger partial charge >= 0.3 is 0 Å². The van der Waals surface area contributed by atoms with Gasteiger partial charge in [0.25, 0.3) is 17.7 Å². The van der Waals surface area contributed by atoms with E-state index in [1.165, 1.54) is 49.0 Å². The molecule has 0 bridgehead atoms. The van der Waals surface area contributed by atoms with Gasteiger partial charge in [0.2, 0.25) is 0 Å². The lowest BCUT2D eigenvalue weighted by Gasteiger charge is -2.32. The number of aromatic nitrogens is 1. The Balaban J connectivity index is 1.26. The number of hydrogen-bond acceptors (Lipinski definition) is 7. The number of fused-ring (bicyclic) bond motifs is 1. The van der Waals surface area contributed by atoms with E-state index in [0.717, 1.165) is 22.9 Å². The van der Waals surface area contributed by atoms with Gasteiger partial charge in [-0.25, -0.2) is 4.98 Å². The van der Waals surface area contributed by atoms with Crippen molar-refractivity contribution in [1.82, 2.24) is 14.8 Å². The minimum absolute atomic E-state index is 0.0540. The molecule has 5 rings (SSSR count). The van der Waals surface area contributed by atoms with Crippen LogP contribution in [0.25, 0.3) is 0 Å². The highest BCUT2D eigenvalue weighted by atomic mass is 32.1. The van der Waals surface area contributed by atoms with Crippen LogP contribution in [0.1, 0.15) is 67.9 Å². The third-order valence-electron chi connectivity index (χ3n) is 6.20. The largest absolute Gasteiger partial charge is 0.467 e. The fraction of sp³-hybridized carbons (Fsp3) is 0.333. The van der Waals surface area contributed by atoms with Crippen molar-refractivity contribution in [2.75, 3.05) is 11.9 Å². The van der Waals surface area contributed by atoms with Gasteiger partial charge < -0.3 is 4.42 Å². The molecule has 8 nitrogen and oxygen atoms in total.